The average molecular weight is 256 g/mol. The first-order chi connectivity index (χ1) is 9.33. The third-order valence-electron chi connectivity index (χ3n) is 3.73. The van der Waals surface area contributed by atoms with Gasteiger partial charge in [0.1, 0.15) is 0 Å². The van der Waals surface area contributed by atoms with Gasteiger partial charge in [-0.2, -0.15) is 5.10 Å². The molecule has 2 aromatic rings. The maximum absolute atomic E-state index is 6.25. The van der Waals surface area contributed by atoms with Gasteiger partial charge in [0, 0.05) is 24.7 Å². The van der Waals surface area contributed by atoms with Crippen LogP contribution in [0, 0.1) is 0 Å². The highest BCUT2D eigenvalue weighted by molar-refractivity contribution is 5.30. The fourth-order valence-corrected chi connectivity index (χ4v) is 2.66. The second-order valence-electron chi connectivity index (χ2n) is 5.16. The van der Waals surface area contributed by atoms with Crippen molar-refractivity contribution in [1.82, 2.24) is 15.1 Å². The lowest BCUT2D eigenvalue weighted by Crippen LogP contribution is -2.42. The van der Waals surface area contributed by atoms with Crippen molar-refractivity contribution in [1.29, 1.82) is 0 Å². The second-order valence-corrected chi connectivity index (χ2v) is 5.16. The monoisotopic (exact) mass is 256 g/mol. The minimum atomic E-state index is 0.154. The van der Waals surface area contributed by atoms with Gasteiger partial charge in [0.15, 0.2) is 0 Å². The van der Waals surface area contributed by atoms with Crippen LogP contribution in [0.15, 0.2) is 42.6 Å². The Morgan fingerprint density at radius 1 is 1.32 bits per heavy atom. The maximum atomic E-state index is 6.25. The Morgan fingerprint density at radius 3 is 2.89 bits per heavy atom. The molecule has 0 radical (unpaired) electrons. The Kier molecular flexibility index (Phi) is 3.62. The van der Waals surface area contributed by atoms with Gasteiger partial charge in [0.25, 0.3) is 0 Å². The normalized spacial score (nSPS) is 20.6. The third kappa shape index (κ3) is 2.85. The van der Waals surface area contributed by atoms with Gasteiger partial charge in [-0.1, -0.05) is 18.2 Å². The van der Waals surface area contributed by atoms with Crippen molar-refractivity contribution in [2.75, 3.05) is 6.54 Å². The molecule has 4 heteroatoms. The van der Waals surface area contributed by atoms with E-state index in [1.54, 1.807) is 0 Å². The number of para-hydroxylation sites is 1. The molecule has 0 aliphatic carbocycles. The number of nitrogens with one attached hydrogen (secondary N) is 1. The van der Waals surface area contributed by atoms with E-state index in [2.05, 4.69) is 28.6 Å². The smallest absolute Gasteiger partial charge is 0.0645 e. The Bertz CT molecular complexity index is 514. The van der Waals surface area contributed by atoms with Gasteiger partial charge in [-0.25, -0.2) is 4.68 Å². The molecule has 3 rings (SSSR count). The zero-order valence-corrected chi connectivity index (χ0v) is 11.0. The predicted molar refractivity (Wildman–Crippen MR) is 76.3 cm³/mol. The van der Waals surface area contributed by atoms with Crippen LogP contribution in [-0.2, 0) is 6.42 Å². The molecule has 1 aliphatic rings. The van der Waals surface area contributed by atoms with E-state index in [9.17, 15) is 0 Å². The molecule has 19 heavy (non-hydrogen) atoms. The summed E-state index contributed by atoms with van der Waals surface area (Å²) in [7, 11) is 0. The van der Waals surface area contributed by atoms with Crippen molar-refractivity contribution >= 4 is 0 Å². The number of hydrogen-bond donors (Lipinski definition) is 2. The molecule has 0 bridgehead atoms. The van der Waals surface area contributed by atoms with Crippen molar-refractivity contribution in [3.8, 4) is 5.69 Å². The summed E-state index contributed by atoms with van der Waals surface area (Å²) < 4.78 is 1.91. The summed E-state index contributed by atoms with van der Waals surface area (Å²) in [5, 5.41) is 8.06. The molecule has 1 aliphatic heterocycles. The summed E-state index contributed by atoms with van der Waals surface area (Å²) in [5.41, 5.74) is 8.39. The van der Waals surface area contributed by atoms with Crippen LogP contribution in [0.4, 0.5) is 0 Å². The summed E-state index contributed by atoms with van der Waals surface area (Å²) in [6.07, 6.45) is 5.24. The quantitative estimate of drug-likeness (QED) is 0.871. The fraction of sp³-hybridized carbons (Fsp3) is 0.400. The van der Waals surface area contributed by atoms with Crippen LogP contribution < -0.4 is 11.1 Å². The molecule has 0 spiro atoms. The molecular weight excluding hydrogens is 236 g/mol. The summed E-state index contributed by atoms with van der Waals surface area (Å²) in [5.74, 6) is 0. The molecule has 0 amide bonds. The van der Waals surface area contributed by atoms with Crippen LogP contribution in [0.25, 0.3) is 5.69 Å². The Hall–Kier alpha value is -1.65. The van der Waals surface area contributed by atoms with Crippen molar-refractivity contribution in [3.05, 3.63) is 48.3 Å². The minimum Gasteiger partial charge on any atom is -0.326 e. The lowest BCUT2D eigenvalue weighted by molar-refractivity contribution is 0.477. The SMILES string of the molecule is NC(Cc1ccn(-c2ccccc2)n1)C1CCCN1. The molecule has 100 valence electrons. The first-order valence-electron chi connectivity index (χ1n) is 6.92. The number of nitrogens with two attached hydrogens (primary N) is 1. The van der Waals surface area contributed by atoms with E-state index < -0.39 is 0 Å². The lowest BCUT2D eigenvalue weighted by Gasteiger charge is -2.18. The van der Waals surface area contributed by atoms with Gasteiger partial charge >= 0.3 is 0 Å². The zero-order valence-electron chi connectivity index (χ0n) is 11.0. The summed E-state index contributed by atoms with van der Waals surface area (Å²) in [6.45, 7) is 1.09. The van der Waals surface area contributed by atoms with Gasteiger partial charge < -0.3 is 11.1 Å². The summed E-state index contributed by atoms with van der Waals surface area (Å²) in [6, 6.07) is 12.8. The van der Waals surface area contributed by atoms with E-state index in [1.807, 2.05) is 29.1 Å². The van der Waals surface area contributed by atoms with E-state index in [1.165, 1.54) is 12.8 Å². The zero-order chi connectivity index (χ0) is 13.1. The average Bonchev–Trinajstić information content (AvgIpc) is 3.11. The number of aromatic nitrogens is 2. The second kappa shape index (κ2) is 5.55. The van der Waals surface area contributed by atoms with Gasteiger partial charge in [-0.05, 0) is 37.6 Å². The molecule has 1 fully saturated rings. The number of rotatable bonds is 4. The van der Waals surface area contributed by atoms with Crippen molar-refractivity contribution in [2.45, 2.75) is 31.3 Å². The van der Waals surface area contributed by atoms with Crippen LogP contribution in [0.3, 0.4) is 0 Å². The van der Waals surface area contributed by atoms with Gasteiger partial charge in [-0.3, -0.25) is 0 Å². The van der Waals surface area contributed by atoms with E-state index in [4.69, 9.17) is 5.73 Å². The topological polar surface area (TPSA) is 55.9 Å². The van der Waals surface area contributed by atoms with Gasteiger partial charge in [0.05, 0.1) is 11.4 Å². The maximum Gasteiger partial charge on any atom is 0.0645 e. The van der Waals surface area contributed by atoms with Crippen molar-refractivity contribution in [2.24, 2.45) is 5.73 Å². The first-order valence-corrected chi connectivity index (χ1v) is 6.92. The Labute approximate surface area is 113 Å². The fourth-order valence-electron chi connectivity index (χ4n) is 2.66. The van der Waals surface area contributed by atoms with Crippen molar-refractivity contribution in [3.63, 3.8) is 0 Å². The van der Waals surface area contributed by atoms with Crippen LogP contribution in [0.1, 0.15) is 18.5 Å². The van der Waals surface area contributed by atoms with Crippen LogP contribution in [0.5, 0.6) is 0 Å². The number of nitrogens with zero attached hydrogens (tertiary/aromatic N) is 2. The molecule has 1 aromatic heterocycles. The molecule has 0 saturated carbocycles. The first kappa shape index (κ1) is 12.4. The Balaban J connectivity index is 1.68. The van der Waals surface area contributed by atoms with E-state index in [0.717, 1.165) is 24.3 Å². The van der Waals surface area contributed by atoms with Gasteiger partial charge in [0.2, 0.25) is 0 Å². The third-order valence-corrected chi connectivity index (χ3v) is 3.73. The standard InChI is InChI=1S/C15H20N4/c16-14(15-7-4-9-17-15)11-12-8-10-19(18-12)13-5-2-1-3-6-13/h1-3,5-6,8,10,14-15,17H,4,7,9,11,16H2. The molecular formula is C15H20N4. The number of benzene rings is 1. The molecule has 2 unspecified atom stereocenters. The molecule has 2 heterocycles. The summed E-state index contributed by atoms with van der Waals surface area (Å²) in [4.78, 5) is 0. The van der Waals surface area contributed by atoms with Crippen LogP contribution in [0.2, 0.25) is 0 Å². The van der Waals surface area contributed by atoms with E-state index >= 15 is 0 Å². The summed E-state index contributed by atoms with van der Waals surface area (Å²) >= 11 is 0. The molecule has 4 nitrogen and oxygen atoms in total. The molecule has 2 atom stereocenters. The highest BCUT2D eigenvalue weighted by Crippen LogP contribution is 2.12. The van der Waals surface area contributed by atoms with E-state index in [0.29, 0.717) is 6.04 Å². The molecule has 1 aromatic carbocycles. The van der Waals surface area contributed by atoms with Crippen molar-refractivity contribution < 1.29 is 0 Å². The molecule has 3 N–H and O–H groups in total. The van der Waals surface area contributed by atoms with Crippen LogP contribution in [-0.4, -0.2) is 28.4 Å². The largest absolute Gasteiger partial charge is 0.326 e. The predicted octanol–water partition coefficient (Wildman–Crippen LogP) is 1.49. The minimum absolute atomic E-state index is 0.154. The van der Waals surface area contributed by atoms with Crippen LogP contribution >= 0.6 is 0 Å². The lowest BCUT2D eigenvalue weighted by atomic mass is 10.0. The van der Waals surface area contributed by atoms with Gasteiger partial charge in [-0.15, -0.1) is 0 Å². The Morgan fingerprint density at radius 2 is 2.16 bits per heavy atom. The number of hydrogen-bond acceptors (Lipinski definition) is 3. The van der Waals surface area contributed by atoms with E-state index in [-0.39, 0.29) is 6.04 Å². The molecule has 1 saturated heterocycles. The highest BCUT2D eigenvalue weighted by Gasteiger charge is 2.22. The highest BCUT2D eigenvalue weighted by atomic mass is 15.3.